The summed E-state index contributed by atoms with van der Waals surface area (Å²) in [5.74, 6) is 0. The second-order valence-corrected chi connectivity index (χ2v) is 3.13. The number of rotatable bonds is 1. The molecule has 0 saturated heterocycles. The summed E-state index contributed by atoms with van der Waals surface area (Å²) in [6.45, 7) is 1.86. The zero-order valence-electron chi connectivity index (χ0n) is 6.97. The molecule has 0 fully saturated rings. The molecule has 0 heterocycles. The standard InChI is InChI=1S/C8H9ClN2OS/c1-5-3-2-4-6(9)7(5)10-8(12)11-13/h2-4,13H,1H3,(H2,10,11,12). The van der Waals surface area contributed by atoms with Gasteiger partial charge in [0.25, 0.3) is 0 Å². The second-order valence-electron chi connectivity index (χ2n) is 2.50. The van der Waals surface area contributed by atoms with Crippen LogP contribution in [0.1, 0.15) is 5.56 Å². The molecular formula is C8H9ClN2OS. The Hall–Kier alpha value is -0.870. The number of hydrogen-bond donors (Lipinski definition) is 3. The average Bonchev–Trinajstić information content (AvgIpc) is 2.11. The van der Waals surface area contributed by atoms with Crippen LogP contribution in [-0.2, 0) is 0 Å². The predicted molar refractivity (Wildman–Crippen MR) is 57.3 cm³/mol. The molecular weight excluding hydrogens is 208 g/mol. The van der Waals surface area contributed by atoms with Gasteiger partial charge in [-0.3, -0.25) is 4.72 Å². The zero-order chi connectivity index (χ0) is 9.84. The number of urea groups is 1. The molecule has 0 unspecified atom stereocenters. The Kier molecular flexibility index (Phi) is 3.45. The highest BCUT2D eigenvalue weighted by molar-refractivity contribution is 7.78. The number of carbonyl (C=O) groups is 1. The molecule has 1 aromatic carbocycles. The molecule has 0 saturated carbocycles. The van der Waals surface area contributed by atoms with Crippen molar-refractivity contribution < 1.29 is 4.79 Å². The SMILES string of the molecule is Cc1cccc(Cl)c1NC(=O)NS. The van der Waals surface area contributed by atoms with Gasteiger partial charge in [-0.05, 0) is 18.6 Å². The molecule has 0 bridgehead atoms. The largest absolute Gasteiger partial charge is 0.329 e. The summed E-state index contributed by atoms with van der Waals surface area (Å²) in [5.41, 5.74) is 1.51. The fraction of sp³-hybridized carbons (Fsp3) is 0.125. The lowest BCUT2D eigenvalue weighted by molar-refractivity contribution is 0.257. The summed E-state index contributed by atoms with van der Waals surface area (Å²) in [4.78, 5) is 10.9. The normalized spacial score (nSPS) is 9.46. The van der Waals surface area contributed by atoms with Crippen molar-refractivity contribution in [3.05, 3.63) is 28.8 Å². The number of anilines is 1. The van der Waals surface area contributed by atoms with Gasteiger partial charge < -0.3 is 5.32 Å². The van der Waals surface area contributed by atoms with E-state index in [2.05, 4.69) is 22.9 Å². The summed E-state index contributed by atoms with van der Waals surface area (Å²) in [7, 11) is 0. The lowest BCUT2D eigenvalue weighted by Crippen LogP contribution is -2.21. The smallest absolute Gasteiger partial charge is 0.306 e. The van der Waals surface area contributed by atoms with E-state index in [1.54, 1.807) is 6.07 Å². The summed E-state index contributed by atoms with van der Waals surface area (Å²) >= 11 is 9.47. The Morgan fingerprint density at radius 1 is 1.54 bits per heavy atom. The van der Waals surface area contributed by atoms with Gasteiger partial charge in [-0.15, -0.1) is 0 Å². The summed E-state index contributed by atoms with van der Waals surface area (Å²) in [6.07, 6.45) is 0. The first kappa shape index (κ1) is 10.2. The van der Waals surface area contributed by atoms with E-state index in [0.717, 1.165) is 5.56 Å². The molecule has 0 aliphatic rings. The maximum absolute atomic E-state index is 10.9. The molecule has 0 aromatic heterocycles. The van der Waals surface area contributed by atoms with Gasteiger partial charge in [0, 0.05) is 0 Å². The number of halogens is 1. The maximum atomic E-state index is 10.9. The minimum atomic E-state index is -0.403. The van der Waals surface area contributed by atoms with Gasteiger partial charge in [0.2, 0.25) is 0 Å². The first-order chi connectivity index (χ1) is 6.15. The minimum absolute atomic E-state index is 0.403. The third kappa shape index (κ3) is 2.54. The number of carbonyl (C=O) groups excluding carboxylic acids is 1. The maximum Gasteiger partial charge on any atom is 0.329 e. The number of amides is 2. The van der Waals surface area contributed by atoms with Crippen LogP contribution in [0.3, 0.4) is 0 Å². The van der Waals surface area contributed by atoms with E-state index in [0.29, 0.717) is 10.7 Å². The second kappa shape index (κ2) is 4.39. The number of thiol groups is 1. The van der Waals surface area contributed by atoms with Crippen molar-refractivity contribution >= 4 is 36.1 Å². The molecule has 2 N–H and O–H groups in total. The van der Waals surface area contributed by atoms with Crippen molar-refractivity contribution in [3.63, 3.8) is 0 Å². The third-order valence-corrected chi connectivity index (χ3v) is 2.08. The number of benzene rings is 1. The van der Waals surface area contributed by atoms with Crippen LogP contribution >= 0.6 is 24.4 Å². The van der Waals surface area contributed by atoms with Crippen molar-refractivity contribution in [1.29, 1.82) is 0 Å². The average molecular weight is 217 g/mol. The fourth-order valence-electron chi connectivity index (χ4n) is 0.932. The van der Waals surface area contributed by atoms with E-state index in [1.165, 1.54) is 0 Å². The minimum Gasteiger partial charge on any atom is -0.306 e. The van der Waals surface area contributed by atoms with Crippen LogP contribution in [0.5, 0.6) is 0 Å². The Morgan fingerprint density at radius 2 is 2.23 bits per heavy atom. The highest BCUT2D eigenvalue weighted by atomic mass is 35.5. The Bertz CT molecular complexity index is 310. The molecule has 3 nitrogen and oxygen atoms in total. The van der Waals surface area contributed by atoms with E-state index in [1.807, 2.05) is 19.1 Å². The topological polar surface area (TPSA) is 41.1 Å². The van der Waals surface area contributed by atoms with Crippen LogP contribution in [0.25, 0.3) is 0 Å². The molecule has 1 aromatic rings. The van der Waals surface area contributed by atoms with Crippen LogP contribution < -0.4 is 10.0 Å². The number of aryl methyl sites for hydroxylation is 1. The van der Waals surface area contributed by atoms with Crippen molar-refractivity contribution in [2.24, 2.45) is 0 Å². The Morgan fingerprint density at radius 3 is 2.77 bits per heavy atom. The molecule has 0 aliphatic heterocycles. The quantitative estimate of drug-likeness (QED) is 0.621. The number of nitrogens with one attached hydrogen (secondary N) is 2. The Labute approximate surface area is 87.0 Å². The van der Waals surface area contributed by atoms with Crippen LogP contribution in [0.4, 0.5) is 10.5 Å². The molecule has 0 spiro atoms. The molecule has 0 radical (unpaired) electrons. The Balaban J connectivity index is 2.93. The first-order valence-corrected chi connectivity index (χ1v) is 4.44. The monoisotopic (exact) mass is 216 g/mol. The third-order valence-electron chi connectivity index (χ3n) is 1.56. The number of hydrogen-bond acceptors (Lipinski definition) is 2. The van der Waals surface area contributed by atoms with E-state index < -0.39 is 6.03 Å². The molecule has 5 heteroatoms. The van der Waals surface area contributed by atoms with E-state index in [4.69, 9.17) is 11.6 Å². The molecule has 2 amide bonds. The zero-order valence-corrected chi connectivity index (χ0v) is 8.62. The van der Waals surface area contributed by atoms with Crippen LogP contribution in [0.2, 0.25) is 5.02 Å². The van der Waals surface area contributed by atoms with Crippen LogP contribution in [-0.4, -0.2) is 6.03 Å². The van der Waals surface area contributed by atoms with Crippen molar-refractivity contribution in [1.82, 2.24) is 4.72 Å². The van der Waals surface area contributed by atoms with Crippen molar-refractivity contribution in [2.75, 3.05) is 5.32 Å². The highest BCUT2D eigenvalue weighted by Gasteiger charge is 2.05. The van der Waals surface area contributed by atoms with Crippen molar-refractivity contribution in [2.45, 2.75) is 6.92 Å². The fourth-order valence-corrected chi connectivity index (χ4v) is 1.26. The van der Waals surface area contributed by atoms with Gasteiger partial charge in [0.15, 0.2) is 0 Å². The lowest BCUT2D eigenvalue weighted by Gasteiger charge is -2.08. The molecule has 1 rings (SSSR count). The van der Waals surface area contributed by atoms with Gasteiger partial charge in [0.1, 0.15) is 0 Å². The van der Waals surface area contributed by atoms with Gasteiger partial charge >= 0.3 is 6.03 Å². The summed E-state index contributed by atoms with van der Waals surface area (Å²) < 4.78 is 2.15. The molecule has 13 heavy (non-hydrogen) atoms. The molecule has 0 atom stereocenters. The van der Waals surface area contributed by atoms with Crippen LogP contribution in [0.15, 0.2) is 18.2 Å². The van der Waals surface area contributed by atoms with Gasteiger partial charge in [-0.25, -0.2) is 4.79 Å². The van der Waals surface area contributed by atoms with E-state index in [9.17, 15) is 4.79 Å². The van der Waals surface area contributed by atoms with Crippen molar-refractivity contribution in [3.8, 4) is 0 Å². The van der Waals surface area contributed by atoms with Gasteiger partial charge in [0.05, 0.1) is 10.7 Å². The summed E-state index contributed by atoms with van der Waals surface area (Å²) in [5, 5.41) is 3.08. The number of para-hydroxylation sites is 1. The van der Waals surface area contributed by atoms with Gasteiger partial charge in [-0.1, -0.05) is 36.5 Å². The van der Waals surface area contributed by atoms with E-state index >= 15 is 0 Å². The highest BCUT2D eigenvalue weighted by Crippen LogP contribution is 2.24. The lowest BCUT2D eigenvalue weighted by atomic mass is 10.2. The van der Waals surface area contributed by atoms with Crippen LogP contribution in [0, 0.1) is 6.92 Å². The molecule has 70 valence electrons. The molecule has 0 aliphatic carbocycles. The summed E-state index contributed by atoms with van der Waals surface area (Å²) in [6, 6.07) is 4.99. The van der Waals surface area contributed by atoms with E-state index in [-0.39, 0.29) is 0 Å². The first-order valence-electron chi connectivity index (χ1n) is 3.61. The van der Waals surface area contributed by atoms with Gasteiger partial charge in [-0.2, -0.15) is 0 Å². The predicted octanol–water partition coefficient (Wildman–Crippen LogP) is 2.61.